The van der Waals surface area contributed by atoms with Crippen molar-refractivity contribution in [3.8, 4) is 0 Å². The molecule has 1 amide bonds. The summed E-state index contributed by atoms with van der Waals surface area (Å²) in [7, 11) is 0. The van der Waals surface area contributed by atoms with Crippen molar-refractivity contribution in [3.05, 3.63) is 34.4 Å². The van der Waals surface area contributed by atoms with Crippen LogP contribution in [0.1, 0.15) is 25.6 Å². The fourth-order valence-electron chi connectivity index (χ4n) is 2.84. The van der Waals surface area contributed by atoms with Gasteiger partial charge in [0.1, 0.15) is 5.82 Å². The van der Waals surface area contributed by atoms with Crippen molar-refractivity contribution in [2.45, 2.75) is 26.7 Å². The second-order valence-electron chi connectivity index (χ2n) is 5.53. The Hall–Kier alpha value is -2.57. The third kappa shape index (κ3) is 2.99. The first-order valence-electron chi connectivity index (χ1n) is 7.82. The first kappa shape index (κ1) is 15.3. The number of aryl methyl sites for hydroxylation is 1. The van der Waals surface area contributed by atoms with Gasteiger partial charge in [-0.15, -0.1) is 0 Å². The van der Waals surface area contributed by atoms with E-state index in [2.05, 4.69) is 15.3 Å². The van der Waals surface area contributed by atoms with Gasteiger partial charge in [-0.1, -0.05) is 0 Å². The number of benzene rings is 1. The number of hydrogen-bond donors (Lipinski definition) is 1. The molecule has 0 spiro atoms. The van der Waals surface area contributed by atoms with Crippen LogP contribution in [-0.4, -0.2) is 35.4 Å². The van der Waals surface area contributed by atoms with E-state index in [0.29, 0.717) is 16.7 Å². The number of fused-ring (bicyclic) bond motifs is 1. The minimum absolute atomic E-state index is 0.236. The minimum atomic E-state index is -0.672. The summed E-state index contributed by atoms with van der Waals surface area (Å²) in [4.78, 5) is 30.9. The van der Waals surface area contributed by atoms with Gasteiger partial charge >= 0.3 is 6.09 Å². The smallest absolute Gasteiger partial charge is 0.426 e. The summed E-state index contributed by atoms with van der Waals surface area (Å²) in [6.45, 7) is 5.61. The number of nitrogens with one attached hydrogen (secondary N) is 1. The van der Waals surface area contributed by atoms with Crippen molar-refractivity contribution in [2.24, 2.45) is 0 Å². The molecule has 1 aliphatic rings. The zero-order valence-corrected chi connectivity index (χ0v) is 13.3. The van der Waals surface area contributed by atoms with Crippen LogP contribution in [0.5, 0.6) is 0 Å². The van der Waals surface area contributed by atoms with E-state index in [0.717, 1.165) is 23.5 Å². The Balaban J connectivity index is 2.04. The third-order valence-electron chi connectivity index (χ3n) is 3.97. The molecule has 0 unspecified atom stereocenters. The largest absolute Gasteiger partial charge is 0.449 e. The van der Waals surface area contributed by atoms with Crippen molar-refractivity contribution >= 4 is 22.7 Å². The summed E-state index contributed by atoms with van der Waals surface area (Å²) in [5, 5.41) is 0.483. The topological polar surface area (TPSA) is 76.5 Å². The molecule has 7 heteroatoms. The standard InChI is InChI=1S/C16H20N4O3/c1-3-23-16(22)18-20-11(2)17-14-7-6-12(10-13(14)15(20)21)19-8-4-5-9-19/h6-7,10H,3-5,8-9H2,1-2H3,(H,18,22). The third-order valence-corrected chi connectivity index (χ3v) is 3.97. The molecule has 1 fully saturated rings. The second kappa shape index (κ2) is 6.28. The quantitative estimate of drug-likeness (QED) is 0.937. The van der Waals surface area contributed by atoms with Crippen molar-refractivity contribution in [3.63, 3.8) is 0 Å². The van der Waals surface area contributed by atoms with Gasteiger partial charge in [0.2, 0.25) is 0 Å². The van der Waals surface area contributed by atoms with Gasteiger partial charge < -0.3 is 9.64 Å². The predicted octanol–water partition coefficient (Wildman–Crippen LogP) is 2.01. The lowest BCUT2D eigenvalue weighted by molar-refractivity contribution is 0.164. The fraction of sp³-hybridized carbons (Fsp3) is 0.438. The number of anilines is 1. The molecule has 0 saturated carbocycles. The van der Waals surface area contributed by atoms with Crippen LogP contribution in [0.15, 0.2) is 23.0 Å². The lowest BCUT2D eigenvalue weighted by Gasteiger charge is -2.18. The molecule has 7 nitrogen and oxygen atoms in total. The fourth-order valence-corrected chi connectivity index (χ4v) is 2.84. The van der Waals surface area contributed by atoms with Gasteiger partial charge in [-0.05, 0) is 44.9 Å². The van der Waals surface area contributed by atoms with E-state index in [1.54, 1.807) is 13.8 Å². The molecule has 1 aromatic heterocycles. The number of ether oxygens (including phenoxy) is 1. The summed E-state index contributed by atoms with van der Waals surface area (Å²) in [6.07, 6.45) is 1.66. The summed E-state index contributed by atoms with van der Waals surface area (Å²) in [5.41, 5.74) is 3.76. The molecular formula is C16H20N4O3. The van der Waals surface area contributed by atoms with Crippen LogP contribution in [0.4, 0.5) is 10.5 Å². The molecule has 1 saturated heterocycles. The number of hydrogen-bond acceptors (Lipinski definition) is 5. The molecule has 0 atom stereocenters. The van der Waals surface area contributed by atoms with Gasteiger partial charge in [0.05, 0.1) is 17.5 Å². The summed E-state index contributed by atoms with van der Waals surface area (Å²) < 4.78 is 5.96. The zero-order chi connectivity index (χ0) is 16.4. The number of amides is 1. The Bertz CT molecular complexity index is 794. The summed E-state index contributed by atoms with van der Waals surface area (Å²) in [5.74, 6) is 0.407. The molecule has 2 heterocycles. The number of rotatable bonds is 3. The lowest BCUT2D eigenvalue weighted by atomic mass is 10.2. The Kier molecular flexibility index (Phi) is 4.18. The normalized spacial score (nSPS) is 14.3. The van der Waals surface area contributed by atoms with Crippen LogP contribution < -0.4 is 15.9 Å². The van der Waals surface area contributed by atoms with Gasteiger partial charge in [0.15, 0.2) is 0 Å². The van der Waals surface area contributed by atoms with E-state index < -0.39 is 6.09 Å². The average molecular weight is 316 g/mol. The predicted molar refractivity (Wildman–Crippen MR) is 88.6 cm³/mol. The molecule has 0 bridgehead atoms. The van der Waals surface area contributed by atoms with Gasteiger partial charge in [0, 0.05) is 18.8 Å². The highest BCUT2D eigenvalue weighted by Gasteiger charge is 2.15. The Morgan fingerprint density at radius 2 is 2.09 bits per heavy atom. The number of nitrogens with zero attached hydrogens (tertiary/aromatic N) is 3. The Morgan fingerprint density at radius 1 is 1.35 bits per heavy atom. The molecular weight excluding hydrogens is 296 g/mol. The monoisotopic (exact) mass is 316 g/mol. The van der Waals surface area contributed by atoms with Crippen molar-refractivity contribution in [1.82, 2.24) is 9.66 Å². The van der Waals surface area contributed by atoms with Gasteiger partial charge in [-0.25, -0.2) is 15.2 Å². The molecule has 0 radical (unpaired) electrons. The van der Waals surface area contributed by atoms with E-state index in [1.807, 2.05) is 18.2 Å². The van der Waals surface area contributed by atoms with Crippen LogP contribution in [0.3, 0.4) is 0 Å². The van der Waals surface area contributed by atoms with E-state index in [9.17, 15) is 9.59 Å². The van der Waals surface area contributed by atoms with Crippen LogP contribution in [0, 0.1) is 6.92 Å². The average Bonchev–Trinajstić information content (AvgIpc) is 3.06. The maximum absolute atomic E-state index is 12.7. The highest BCUT2D eigenvalue weighted by Crippen LogP contribution is 2.22. The van der Waals surface area contributed by atoms with Gasteiger partial charge in [-0.2, -0.15) is 4.68 Å². The van der Waals surface area contributed by atoms with Crippen molar-refractivity contribution < 1.29 is 9.53 Å². The second-order valence-corrected chi connectivity index (χ2v) is 5.53. The van der Waals surface area contributed by atoms with Crippen molar-refractivity contribution in [1.29, 1.82) is 0 Å². The van der Waals surface area contributed by atoms with E-state index in [4.69, 9.17) is 4.74 Å². The number of carbonyl (C=O) groups is 1. The summed E-state index contributed by atoms with van der Waals surface area (Å²) >= 11 is 0. The molecule has 1 N–H and O–H groups in total. The lowest BCUT2D eigenvalue weighted by Crippen LogP contribution is -2.35. The molecule has 1 aliphatic heterocycles. The first-order valence-corrected chi connectivity index (χ1v) is 7.82. The molecule has 0 aliphatic carbocycles. The van der Waals surface area contributed by atoms with Crippen LogP contribution in [-0.2, 0) is 4.74 Å². The first-order chi connectivity index (χ1) is 11.1. The van der Waals surface area contributed by atoms with Crippen LogP contribution >= 0.6 is 0 Å². The van der Waals surface area contributed by atoms with E-state index in [-0.39, 0.29) is 12.2 Å². The highest BCUT2D eigenvalue weighted by molar-refractivity contribution is 5.83. The number of carbonyl (C=O) groups excluding carboxylic acids is 1. The number of aromatic nitrogens is 2. The molecule has 122 valence electrons. The molecule has 3 rings (SSSR count). The maximum atomic E-state index is 12.7. The van der Waals surface area contributed by atoms with Gasteiger partial charge in [-0.3, -0.25) is 4.79 Å². The van der Waals surface area contributed by atoms with E-state index in [1.165, 1.54) is 12.8 Å². The van der Waals surface area contributed by atoms with Crippen molar-refractivity contribution in [2.75, 3.05) is 30.0 Å². The van der Waals surface area contributed by atoms with Crippen LogP contribution in [0.2, 0.25) is 0 Å². The maximum Gasteiger partial charge on any atom is 0.426 e. The minimum Gasteiger partial charge on any atom is -0.449 e. The molecule has 23 heavy (non-hydrogen) atoms. The zero-order valence-electron chi connectivity index (χ0n) is 13.3. The van der Waals surface area contributed by atoms with Crippen LogP contribution in [0.25, 0.3) is 10.9 Å². The highest BCUT2D eigenvalue weighted by atomic mass is 16.6. The molecule has 2 aromatic rings. The van der Waals surface area contributed by atoms with Gasteiger partial charge in [0.25, 0.3) is 5.56 Å². The van der Waals surface area contributed by atoms with E-state index >= 15 is 0 Å². The summed E-state index contributed by atoms with van der Waals surface area (Å²) in [6, 6.07) is 5.69. The Labute approximate surface area is 133 Å². The molecule has 1 aromatic carbocycles. The Morgan fingerprint density at radius 3 is 2.78 bits per heavy atom. The SMILES string of the molecule is CCOC(=O)Nn1c(C)nc2ccc(N3CCCC3)cc2c1=O.